The molecule has 0 aliphatic carbocycles. The summed E-state index contributed by atoms with van der Waals surface area (Å²) in [6, 6.07) is 5.39. The van der Waals surface area contributed by atoms with Crippen molar-refractivity contribution in [1.82, 2.24) is 4.90 Å². The van der Waals surface area contributed by atoms with Crippen LogP contribution in [0.15, 0.2) is 18.2 Å². The van der Waals surface area contributed by atoms with Gasteiger partial charge in [0, 0.05) is 43.5 Å². The van der Waals surface area contributed by atoms with E-state index in [0.717, 1.165) is 63.0 Å². The first-order valence-electron chi connectivity index (χ1n) is 8.98. The zero-order valence-corrected chi connectivity index (χ0v) is 13.8. The predicted octanol–water partition coefficient (Wildman–Crippen LogP) is 2.75. The van der Waals surface area contributed by atoms with Crippen LogP contribution in [0.5, 0.6) is 0 Å². The maximum absolute atomic E-state index is 13.0. The van der Waals surface area contributed by atoms with Crippen molar-refractivity contribution in [3.05, 3.63) is 33.9 Å². The van der Waals surface area contributed by atoms with Crippen LogP contribution in [-0.4, -0.2) is 41.4 Å². The molecule has 3 aliphatic heterocycles. The Balaban J connectivity index is 1.69. The zero-order valence-electron chi connectivity index (χ0n) is 13.8. The van der Waals surface area contributed by atoms with Crippen LogP contribution in [0.4, 0.5) is 11.4 Å². The van der Waals surface area contributed by atoms with Crippen LogP contribution in [0.2, 0.25) is 0 Å². The topological polar surface area (TPSA) is 66.7 Å². The summed E-state index contributed by atoms with van der Waals surface area (Å²) < 4.78 is 0. The van der Waals surface area contributed by atoms with E-state index in [2.05, 4.69) is 4.90 Å². The predicted molar refractivity (Wildman–Crippen MR) is 91.1 cm³/mol. The third kappa shape index (κ3) is 2.54. The first-order chi connectivity index (χ1) is 11.6. The van der Waals surface area contributed by atoms with E-state index >= 15 is 0 Å². The summed E-state index contributed by atoms with van der Waals surface area (Å²) in [5, 5.41) is 11.1. The van der Waals surface area contributed by atoms with Crippen LogP contribution < -0.4 is 4.90 Å². The summed E-state index contributed by atoms with van der Waals surface area (Å²) in [6.45, 7) is 2.67. The van der Waals surface area contributed by atoms with Crippen molar-refractivity contribution >= 4 is 17.3 Å². The van der Waals surface area contributed by atoms with Crippen molar-refractivity contribution in [1.29, 1.82) is 0 Å². The number of piperidine rings is 1. The van der Waals surface area contributed by atoms with Crippen molar-refractivity contribution in [2.75, 3.05) is 24.5 Å². The molecule has 6 heteroatoms. The molecule has 1 aromatic carbocycles. The standard InChI is InChI=1S/C18H23N3O3/c22-18(19-8-3-4-9-19)15-12-13-11-14(21(23)24)6-7-16(13)20-10-2-1-5-17(15)20/h6-7,11,15,17H,1-5,8-10,12H2. The van der Waals surface area contributed by atoms with E-state index in [9.17, 15) is 14.9 Å². The highest BCUT2D eigenvalue weighted by molar-refractivity contribution is 5.82. The number of fused-ring (bicyclic) bond motifs is 3. The maximum atomic E-state index is 13.0. The quantitative estimate of drug-likeness (QED) is 0.618. The minimum atomic E-state index is -0.347. The second-order valence-corrected chi connectivity index (χ2v) is 7.17. The monoisotopic (exact) mass is 329 g/mol. The molecule has 0 N–H and O–H groups in total. The van der Waals surface area contributed by atoms with Crippen LogP contribution in [0, 0.1) is 16.0 Å². The van der Waals surface area contributed by atoms with Crippen LogP contribution >= 0.6 is 0 Å². The van der Waals surface area contributed by atoms with Crippen molar-refractivity contribution in [2.45, 2.75) is 44.6 Å². The van der Waals surface area contributed by atoms with Crippen LogP contribution in [0.25, 0.3) is 0 Å². The summed E-state index contributed by atoms with van der Waals surface area (Å²) in [5.74, 6) is 0.194. The average Bonchev–Trinajstić information content (AvgIpc) is 3.14. The summed E-state index contributed by atoms with van der Waals surface area (Å²) in [4.78, 5) is 28.2. The van der Waals surface area contributed by atoms with Crippen molar-refractivity contribution in [3.8, 4) is 0 Å². The minimum Gasteiger partial charge on any atom is -0.368 e. The number of carbonyl (C=O) groups is 1. The summed E-state index contributed by atoms with van der Waals surface area (Å²) in [5.41, 5.74) is 2.17. The van der Waals surface area contributed by atoms with E-state index in [1.54, 1.807) is 12.1 Å². The van der Waals surface area contributed by atoms with Gasteiger partial charge in [0.15, 0.2) is 0 Å². The number of anilines is 1. The van der Waals surface area contributed by atoms with E-state index in [1.165, 1.54) is 0 Å². The number of amides is 1. The van der Waals surface area contributed by atoms with E-state index in [0.29, 0.717) is 6.42 Å². The molecule has 2 atom stereocenters. The third-order valence-corrected chi connectivity index (χ3v) is 5.77. The molecule has 3 heterocycles. The first-order valence-corrected chi connectivity index (χ1v) is 8.98. The fourth-order valence-corrected chi connectivity index (χ4v) is 4.60. The SMILES string of the molecule is O=C(C1Cc2cc([N+](=O)[O-])ccc2N2CCCCC12)N1CCCC1. The van der Waals surface area contributed by atoms with E-state index in [-0.39, 0.29) is 28.5 Å². The van der Waals surface area contributed by atoms with Crippen LogP contribution in [0.3, 0.4) is 0 Å². The van der Waals surface area contributed by atoms with Crippen LogP contribution in [-0.2, 0) is 11.2 Å². The molecule has 0 aromatic heterocycles. The molecule has 24 heavy (non-hydrogen) atoms. The average molecular weight is 329 g/mol. The Morgan fingerprint density at radius 1 is 1.12 bits per heavy atom. The number of nitro groups is 1. The molecule has 0 bridgehead atoms. The number of nitro benzene ring substituents is 1. The Morgan fingerprint density at radius 3 is 2.62 bits per heavy atom. The number of nitrogens with zero attached hydrogens (tertiary/aromatic N) is 3. The Labute approximate surface area is 141 Å². The lowest BCUT2D eigenvalue weighted by Gasteiger charge is -2.46. The second-order valence-electron chi connectivity index (χ2n) is 7.17. The number of hydrogen-bond acceptors (Lipinski definition) is 4. The fourth-order valence-electron chi connectivity index (χ4n) is 4.60. The highest BCUT2D eigenvalue weighted by Gasteiger charge is 2.41. The van der Waals surface area contributed by atoms with Crippen molar-refractivity contribution in [3.63, 3.8) is 0 Å². The molecule has 1 amide bonds. The zero-order chi connectivity index (χ0) is 16.7. The molecule has 0 radical (unpaired) electrons. The molecule has 3 aliphatic rings. The molecule has 0 saturated carbocycles. The lowest BCUT2D eigenvalue weighted by Crippen LogP contribution is -2.53. The molecule has 2 saturated heterocycles. The number of likely N-dealkylation sites (tertiary alicyclic amines) is 1. The van der Waals surface area contributed by atoms with E-state index < -0.39 is 0 Å². The molecule has 6 nitrogen and oxygen atoms in total. The van der Waals surface area contributed by atoms with Gasteiger partial charge in [-0.1, -0.05) is 0 Å². The smallest absolute Gasteiger partial charge is 0.269 e. The summed E-state index contributed by atoms with van der Waals surface area (Å²) >= 11 is 0. The van der Waals surface area contributed by atoms with Gasteiger partial charge in [0.2, 0.25) is 5.91 Å². The number of non-ortho nitro benzene ring substituents is 1. The van der Waals surface area contributed by atoms with Gasteiger partial charge in [-0.05, 0) is 50.2 Å². The van der Waals surface area contributed by atoms with Gasteiger partial charge < -0.3 is 9.80 Å². The molecule has 1 aromatic rings. The number of benzene rings is 1. The largest absolute Gasteiger partial charge is 0.368 e. The minimum absolute atomic E-state index is 0.0575. The van der Waals surface area contributed by atoms with Gasteiger partial charge in [0.05, 0.1) is 10.8 Å². The Morgan fingerprint density at radius 2 is 1.88 bits per heavy atom. The van der Waals surface area contributed by atoms with E-state index in [4.69, 9.17) is 0 Å². The molecular weight excluding hydrogens is 306 g/mol. The number of rotatable bonds is 2. The highest BCUT2D eigenvalue weighted by Crippen LogP contribution is 2.40. The Kier molecular flexibility index (Phi) is 3.90. The summed E-state index contributed by atoms with van der Waals surface area (Å²) in [6.07, 6.45) is 6.14. The highest BCUT2D eigenvalue weighted by atomic mass is 16.6. The van der Waals surface area contributed by atoms with Crippen molar-refractivity contribution < 1.29 is 9.72 Å². The Bertz CT molecular complexity index is 669. The van der Waals surface area contributed by atoms with Gasteiger partial charge in [0.1, 0.15) is 0 Å². The molecule has 2 unspecified atom stereocenters. The van der Waals surface area contributed by atoms with Gasteiger partial charge in [0.25, 0.3) is 5.69 Å². The lowest BCUT2D eigenvalue weighted by molar-refractivity contribution is -0.384. The maximum Gasteiger partial charge on any atom is 0.269 e. The van der Waals surface area contributed by atoms with Crippen molar-refractivity contribution in [2.24, 2.45) is 5.92 Å². The summed E-state index contributed by atoms with van der Waals surface area (Å²) in [7, 11) is 0. The molecular formula is C18H23N3O3. The van der Waals surface area contributed by atoms with Gasteiger partial charge >= 0.3 is 0 Å². The molecule has 0 spiro atoms. The molecule has 128 valence electrons. The second kappa shape index (κ2) is 6.07. The van der Waals surface area contributed by atoms with Gasteiger partial charge in [-0.15, -0.1) is 0 Å². The lowest BCUT2D eigenvalue weighted by atomic mass is 9.80. The van der Waals surface area contributed by atoms with Gasteiger partial charge in [-0.3, -0.25) is 14.9 Å². The van der Waals surface area contributed by atoms with Gasteiger partial charge in [-0.2, -0.15) is 0 Å². The molecule has 4 rings (SSSR count). The van der Waals surface area contributed by atoms with Gasteiger partial charge in [-0.25, -0.2) is 0 Å². The number of hydrogen-bond donors (Lipinski definition) is 0. The number of carbonyl (C=O) groups excluding carboxylic acids is 1. The van der Waals surface area contributed by atoms with E-state index in [1.807, 2.05) is 11.0 Å². The molecule has 2 fully saturated rings. The fraction of sp³-hybridized carbons (Fsp3) is 0.611. The normalized spacial score (nSPS) is 26.0. The first kappa shape index (κ1) is 15.4. The third-order valence-electron chi connectivity index (χ3n) is 5.77. The Hall–Kier alpha value is -2.11. The van der Waals surface area contributed by atoms with Crippen LogP contribution in [0.1, 0.15) is 37.7 Å².